The van der Waals surface area contributed by atoms with Gasteiger partial charge < -0.3 is 14.7 Å². The Labute approximate surface area is 495 Å². The maximum Gasteiger partial charge on any atom is 0.252 e. The minimum Gasteiger partial charge on any atom is -0.311 e. The summed E-state index contributed by atoms with van der Waals surface area (Å²) in [5, 5.41) is 2.63. The molecular formula is C77H86BN3S. The third-order valence-corrected chi connectivity index (χ3v) is 21.0. The molecule has 0 saturated heterocycles. The van der Waals surface area contributed by atoms with Crippen molar-refractivity contribution in [3.05, 3.63) is 190 Å². The van der Waals surface area contributed by atoms with Crippen LogP contribution in [-0.2, 0) is 37.9 Å². The Balaban J connectivity index is 1.11. The second kappa shape index (κ2) is 18.0. The molecule has 13 rings (SSSR count). The molecule has 5 heteroatoms. The van der Waals surface area contributed by atoms with Crippen molar-refractivity contribution in [1.82, 2.24) is 0 Å². The summed E-state index contributed by atoms with van der Waals surface area (Å²) in [6.45, 7) is 45.3. The van der Waals surface area contributed by atoms with Crippen molar-refractivity contribution in [2.45, 2.75) is 189 Å². The van der Waals surface area contributed by atoms with Crippen LogP contribution in [-0.4, -0.2) is 6.71 Å². The van der Waals surface area contributed by atoms with E-state index in [0.29, 0.717) is 0 Å². The van der Waals surface area contributed by atoms with Crippen LogP contribution in [0.1, 0.15) is 187 Å². The smallest absolute Gasteiger partial charge is 0.252 e. The van der Waals surface area contributed by atoms with Crippen molar-refractivity contribution in [3.63, 3.8) is 0 Å². The second-order valence-electron chi connectivity index (χ2n) is 31.1. The Morgan fingerprint density at radius 3 is 1.50 bits per heavy atom. The molecule has 0 unspecified atom stereocenters. The molecule has 0 bridgehead atoms. The molecular weight excluding hydrogens is 1010 g/mol. The summed E-state index contributed by atoms with van der Waals surface area (Å²) in [6.07, 6.45) is 3.46. The molecule has 0 N–H and O–H groups in total. The highest BCUT2D eigenvalue weighted by Crippen LogP contribution is 2.55. The minimum absolute atomic E-state index is 0.0117. The van der Waals surface area contributed by atoms with Crippen LogP contribution >= 0.6 is 11.3 Å². The van der Waals surface area contributed by atoms with E-state index >= 15 is 0 Å². The first-order valence-electron chi connectivity index (χ1n) is 30.5. The van der Waals surface area contributed by atoms with E-state index in [-0.39, 0.29) is 44.6 Å². The molecule has 4 aliphatic rings. The largest absolute Gasteiger partial charge is 0.311 e. The van der Waals surface area contributed by atoms with E-state index in [0.717, 1.165) is 23.5 Å². The van der Waals surface area contributed by atoms with Gasteiger partial charge in [0.25, 0.3) is 6.71 Å². The van der Waals surface area contributed by atoms with Crippen LogP contribution in [0.2, 0.25) is 0 Å². The van der Waals surface area contributed by atoms with Crippen molar-refractivity contribution < 1.29 is 0 Å². The monoisotopic (exact) mass is 1100 g/mol. The first-order valence-corrected chi connectivity index (χ1v) is 31.3. The lowest BCUT2D eigenvalue weighted by atomic mass is 9.33. The number of hydrogen-bond donors (Lipinski definition) is 0. The topological polar surface area (TPSA) is 9.72 Å². The maximum atomic E-state index is 2.73. The van der Waals surface area contributed by atoms with Gasteiger partial charge in [-0.25, -0.2) is 0 Å². The fourth-order valence-corrected chi connectivity index (χ4v) is 16.4. The summed E-state index contributed by atoms with van der Waals surface area (Å²) < 4.78 is 2.66. The zero-order valence-corrected chi connectivity index (χ0v) is 53.5. The van der Waals surface area contributed by atoms with Gasteiger partial charge in [-0.1, -0.05) is 172 Å². The molecule has 3 heterocycles. The number of benzene rings is 8. The van der Waals surface area contributed by atoms with Crippen LogP contribution in [0.15, 0.2) is 140 Å². The number of thiophene rings is 1. The molecule has 2 aliphatic carbocycles. The van der Waals surface area contributed by atoms with Crippen molar-refractivity contribution >= 4 is 106 Å². The SMILES string of the molecule is Cc1cc2c3c(c1)N(c1cc4c(cc1C)C(C)(C)CCC4(C)C)c1cc4c(cc1B3c1ccc(N(c3ccc(C(C)(C)C)cc3)c3ccc(C(C)(C)C)cc3)cc1N2c1ccc2sc3cc(C(C)(C)C)ccc3c2c1)C(C)(C)CC4(C)C. The predicted octanol–water partition coefficient (Wildman–Crippen LogP) is 20.4. The lowest BCUT2D eigenvalue weighted by Gasteiger charge is -2.46. The third kappa shape index (κ3) is 8.62. The molecule has 0 spiro atoms. The molecule has 418 valence electrons. The average molecular weight is 1100 g/mol. The van der Waals surface area contributed by atoms with Crippen LogP contribution in [0.25, 0.3) is 20.2 Å². The quantitative estimate of drug-likeness (QED) is 0.159. The Hall–Kier alpha value is -6.56. The second-order valence-corrected chi connectivity index (χ2v) is 32.2. The van der Waals surface area contributed by atoms with Crippen molar-refractivity contribution in [3.8, 4) is 0 Å². The number of aryl methyl sites for hydroxylation is 2. The van der Waals surface area contributed by atoms with E-state index < -0.39 is 0 Å². The number of fused-ring (bicyclic) bond motifs is 9. The van der Waals surface area contributed by atoms with Gasteiger partial charge in [0.15, 0.2) is 0 Å². The van der Waals surface area contributed by atoms with Crippen molar-refractivity contribution in [1.29, 1.82) is 0 Å². The van der Waals surface area contributed by atoms with Gasteiger partial charge in [0.1, 0.15) is 0 Å². The highest BCUT2D eigenvalue weighted by Gasteiger charge is 2.49. The average Bonchev–Trinajstić information content (AvgIpc) is 4.05. The lowest BCUT2D eigenvalue weighted by molar-refractivity contribution is 0.332. The number of nitrogens with zero attached hydrogens (tertiary/aromatic N) is 3. The van der Waals surface area contributed by atoms with Gasteiger partial charge in [-0.15, -0.1) is 11.3 Å². The van der Waals surface area contributed by atoms with E-state index in [2.05, 4.69) is 286 Å². The summed E-state index contributed by atoms with van der Waals surface area (Å²) in [4.78, 5) is 7.88. The molecule has 82 heavy (non-hydrogen) atoms. The lowest BCUT2D eigenvalue weighted by Crippen LogP contribution is -2.61. The highest BCUT2D eigenvalue weighted by molar-refractivity contribution is 7.25. The van der Waals surface area contributed by atoms with E-state index in [9.17, 15) is 0 Å². The van der Waals surface area contributed by atoms with Gasteiger partial charge >= 0.3 is 0 Å². The molecule has 0 fully saturated rings. The molecule has 2 aliphatic heterocycles. The number of hydrogen-bond acceptors (Lipinski definition) is 4. The normalized spacial score (nSPS) is 17.4. The summed E-state index contributed by atoms with van der Waals surface area (Å²) in [5.41, 5.74) is 28.0. The molecule has 3 nitrogen and oxygen atoms in total. The van der Waals surface area contributed by atoms with Gasteiger partial charge in [-0.2, -0.15) is 0 Å². The maximum absolute atomic E-state index is 2.73. The first kappa shape index (κ1) is 54.7. The van der Waals surface area contributed by atoms with Crippen LogP contribution in [0.4, 0.5) is 51.2 Å². The number of rotatable bonds is 5. The summed E-state index contributed by atoms with van der Waals surface area (Å²) in [6, 6.07) is 56.2. The summed E-state index contributed by atoms with van der Waals surface area (Å²) in [5.74, 6) is 0. The minimum atomic E-state index is -0.0256. The van der Waals surface area contributed by atoms with Crippen LogP contribution < -0.4 is 31.1 Å². The molecule has 0 saturated carbocycles. The van der Waals surface area contributed by atoms with Gasteiger partial charge in [-0.3, -0.25) is 0 Å². The fraction of sp³-hybridized carbons (Fsp3) is 0.377. The zero-order valence-electron chi connectivity index (χ0n) is 52.7. The van der Waals surface area contributed by atoms with Gasteiger partial charge in [0.2, 0.25) is 0 Å². The van der Waals surface area contributed by atoms with Gasteiger partial charge in [0, 0.05) is 71.4 Å². The van der Waals surface area contributed by atoms with Crippen LogP contribution in [0.3, 0.4) is 0 Å². The zero-order chi connectivity index (χ0) is 58.3. The molecule has 8 aromatic carbocycles. The van der Waals surface area contributed by atoms with E-state index in [1.807, 2.05) is 11.3 Å². The third-order valence-electron chi connectivity index (χ3n) is 19.9. The Morgan fingerprint density at radius 2 is 0.915 bits per heavy atom. The fourth-order valence-electron chi connectivity index (χ4n) is 15.2. The molecule has 1 aromatic heterocycles. The number of anilines is 9. The Kier molecular flexibility index (Phi) is 12.0. The predicted molar refractivity (Wildman–Crippen MR) is 360 cm³/mol. The standard InChI is InChI=1S/C77H86BN3S/c1-46-36-66-70-67(37-46)81(63-43-59-57(38-47(63)2)74(12,13)34-35-75(59,14)15)65-44-60-58(76(16,17)45-77(60,18)19)42-62(65)78(70)61-32-29-54(79(51-25-20-48(21-26-51)71(3,4)5)52-27-22-49(23-28-52)72(6,7)8)41-64(61)80(66)53-30-33-68-56(40-53)55-31-24-50(73(9,10)11)39-69(55)82-68/h20-33,36-44H,34-35,45H2,1-19H3. The van der Waals surface area contributed by atoms with Gasteiger partial charge in [-0.05, 0) is 222 Å². The van der Waals surface area contributed by atoms with E-state index in [1.54, 1.807) is 0 Å². The van der Waals surface area contributed by atoms with Crippen molar-refractivity contribution in [2.75, 3.05) is 14.7 Å². The first-order chi connectivity index (χ1) is 38.3. The molecule has 0 radical (unpaired) electrons. The molecule has 9 aromatic rings. The Morgan fingerprint density at radius 1 is 0.415 bits per heavy atom. The highest BCUT2D eigenvalue weighted by atomic mass is 32.1. The van der Waals surface area contributed by atoms with E-state index in [4.69, 9.17) is 0 Å². The Bertz CT molecular complexity index is 4050. The van der Waals surface area contributed by atoms with Gasteiger partial charge in [0.05, 0.1) is 0 Å². The van der Waals surface area contributed by atoms with E-state index in [1.165, 1.54) is 134 Å². The molecule has 0 amide bonds. The van der Waals surface area contributed by atoms with Crippen LogP contribution in [0, 0.1) is 13.8 Å². The molecule has 0 atom stereocenters. The summed E-state index contributed by atoms with van der Waals surface area (Å²) >= 11 is 1.92. The van der Waals surface area contributed by atoms with Crippen molar-refractivity contribution in [2.24, 2.45) is 0 Å². The summed E-state index contributed by atoms with van der Waals surface area (Å²) in [7, 11) is 0. The van der Waals surface area contributed by atoms with Crippen LogP contribution in [0.5, 0.6) is 0 Å².